The van der Waals surface area contributed by atoms with Crippen LogP contribution in [0, 0.1) is 10.1 Å². The van der Waals surface area contributed by atoms with Crippen molar-refractivity contribution in [2.24, 2.45) is 0 Å². The summed E-state index contributed by atoms with van der Waals surface area (Å²) in [5.74, 6) is 0.102. The molecule has 0 aliphatic heterocycles. The van der Waals surface area contributed by atoms with Gasteiger partial charge in [0.25, 0.3) is 11.6 Å². The summed E-state index contributed by atoms with van der Waals surface area (Å²) in [6, 6.07) is 1.34. The SMILES string of the molecule is CCC(C)N(CC)C(=O)c1cc([N+](=O)[O-])cnc1NC. The second-order valence-electron chi connectivity index (χ2n) is 4.45. The van der Waals surface area contributed by atoms with Crippen molar-refractivity contribution >= 4 is 17.4 Å². The van der Waals surface area contributed by atoms with Crippen LogP contribution in [0.1, 0.15) is 37.6 Å². The number of nitrogens with zero attached hydrogens (tertiary/aromatic N) is 3. The highest BCUT2D eigenvalue weighted by Gasteiger charge is 2.24. The smallest absolute Gasteiger partial charge is 0.288 e. The fourth-order valence-electron chi connectivity index (χ4n) is 1.95. The van der Waals surface area contributed by atoms with Crippen LogP contribution in [-0.2, 0) is 0 Å². The van der Waals surface area contributed by atoms with E-state index in [1.807, 2.05) is 20.8 Å². The summed E-state index contributed by atoms with van der Waals surface area (Å²) >= 11 is 0. The van der Waals surface area contributed by atoms with Gasteiger partial charge in [-0.3, -0.25) is 14.9 Å². The van der Waals surface area contributed by atoms with E-state index in [1.54, 1.807) is 11.9 Å². The third-order valence-corrected chi connectivity index (χ3v) is 3.28. The Balaban J connectivity index is 3.24. The van der Waals surface area contributed by atoms with Gasteiger partial charge >= 0.3 is 0 Å². The molecule has 1 aromatic heterocycles. The van der Waals surface area contributed by atoms with Crippen LogP contribution in [0.4, 0.5) is 11.5 Å². The monoisotopic (exact) mass is 280 g/mol. The summed E-state index contributed by atoms with van der Waals surface area (Å²) in [6.07, 6.45) is 1.96. The largest absolute Gasteiger partial charge is 0.372 e. The molecule has 0 bridgehead atoms. The van der Waals surface area contributed by atoms with Gasteiger partial charge in [0.2, 0.25) is 0 Å². The second-order valence-corrected chi connectivity index (χ2v) is 4.45. The molecule has 0 aliphatic rings. The fourth-order valence-corrected chi connectivity index (χ4v) is 1.95. The predicted octanol–water partition coefficient (Wildman–Crippen LogP) is 2.29. The van der Waals surface area contributed by atoms with E-state index in [0.717, 1.165) is 12.6 Å². The first-order valence-electron chi connectivity index (χ1n) is 6.59. The number of carbonyl (C=O) groups excluding carboxylic acids is 1. The summed E-state index contributed by atoms with van der Waals surface area (Å²) in [7, 11) is 1.63. The maximum atomic E-state index is 12.6. The van der Waals surface area contributed by atoms with Crippen LogP contribution in [0.15, 0.2) is 12.3 Å². The summed E-state index contributed by atoms with van der Waals surface area (Å²) < 4.78 is 0. The van der Waals surface area contributed by atoms with Gasteiger partial charge in [0.05, 0.1) is 10.5 Å². The molecule has 1 N–H and O–H groups in total. The number of amides is 1. The normalized spacial score (nSPS) is 11.8. The van der Waals surface area contributed by atoms with Gasteiger partial charge in [-0.05, 0) is 20.3 Å². The van der Waals surface area contributed by atoms with Gasteiger partial charge in [-0.1, -0.05) is 6.92 Å². The van der Waals surface area contributed by atoms with E-state index >= 15 is 0 Å². The van der Waals surface area contributed by atoms with Gasteiger partial charge in [0.15, 0.2) is 0 Å². The number of nitrogens with one attached hydrogen (secondary N) is 1. The van der Waals surface area contributed by atoms with E-state index in [2.05, 4.69) is 10.3 Å². The Kier molecular flexibility index (Phi) is 5.42. The number of hydrogen-bond donors (Lipinski definition) is 1. The first kappa shape index (κ1) is 15.9. The van der Waals surface area contributed by atoms with Crippen molar-refractivity contribution in [1.82, 2.24) is 9.88 Å². The minimum absolute atomic E-state index is 0.0662. The third kappa shape index (κ3) is 3.23. The Morgan fingerprint density at radius 3 is 2.65 bits per heavy atom. The highest BCUT2D eigenvalue weighted by molar-refractivity contribution is 5.99. The van der Waals surface area contributed by atoms with Crippen molar-refractivity contribution in [3.8, 4) is 0 Å². The van der Waals surface area contributed by atoms with Gasteiger partial charge in [-0.15, -0.1) is 0 Å². The molecular weight excluding hydrogens is 260 g/mol. The average molecular weight is 280 g/mol. The molecule has 1 unspecified atom stereocenters. The molecule has 0 aliphatic carbocycles. The molecule has 0 aromatic carbocycles. The lowest BCUT2D eigenvalue weighted by molar-refractivity contribution is -0.385. The highest BCUT2D eigenvalue weighted by atomic mass is 16.6. The lowest BCUT2D eigenvalue weighted by Gasteiger charge is -2.27. The first-order chi connectivity index (χ1) is 9.46. The Morgan fingerprint density at radius 2 is 2.20 bits per heavy atom. The maximum Gasteiger partial charge on any atom is 0.288 e. The Bertz CT molecular complexity index is 504. The molecule has 0 saturated heterocycles. The molecule has 20 heavy (non-hydrogen) atoms. The lowest BCUT2D eigenvalue weighted by Crippen LogP contribution is -2.38. The molecule has 0 saturated carbocycles. The molecule has 1 heterocycles. The van der Waals surface area contributed by atoms with Crippen molar-refractivity contribution in [3.63, 3.8) is 0 Å². The van der Waals surface area contributed by atoms with Gasteiger partial charge in [0.1, 0.15) is 12.0 Å². The topological polar surface area (TPSA) is 88.4 Å². The van der Waals surface area contributed by atoms with Gasteiger partial charge in [0, 0.05) is 25.7 Å². The van der Waals surface area contributed by atoms with Crippen molar-refractivity contribution < 1.29 is 9.72 Å². The highest BCUT2D eigenvalue weighted by Crippen LogP contribution is 2.21. The third-order valence-electron chi connectivity index (χ3n) is 3.28. The Labute approximate surface area is 118 Å². The predicted molar refractivity (Wildman–Crippen MR) is 76.9 cm³/mol. The van der Waals surface area contributed by atoms with Crippen LogP contribution >= 0.6 is 0 Å². The molecule has 110 valence electrons. The van der Waals surface area contributed by atoms with E-state index < -0.39 is 4.92 Å². The summed E-state index contributed by atoms with van der Waals surface area (Å²) in [5.41, 5.74) is 0.0383. The van der Waals surface area contributed by atoms with Gasteiger partial charge < -0.3 is 10.2 Å². The molecule has 1 aromatic rings. The van der Waals surface area contributed by atoms with E-state index in [4.69, 9.17) is 0 Å². The number of hydrogen-bond acceptors (Lipinski definition) is 5. The zero-order valence-electron chi connectivity index (χ0n) is 12.2. The average Bonchev–Trinajstić information content (AvgIpc) is 2.46. The number of aromatic nitrogens is 1. The van der Waals surface area contributed by atoms with Crippen LogP contribution in [0.2, 0.25) is 0 Å². The molecule has 1 amide bonds. The minimum atomic E-state index is -0.553. The number of pyridine rings is 1. The van der Waals surface area contributed by atoms with Crippen LogP contribution < -0.4 is 5.32 Å². The van der Waals surface area contributed by atoms with E-state index in [-0.39, 0.29) is 23.2 Å². The number of anilines is 1. The molecule has 7 heteroatoms. The van der Waals surface area contributed by atoms with Crippen LogP contribution in [-0.4, -0.2) is 40.3 Å². The first-order valence-corrected chi connectivity index (χ1v) is 6.59. The van der Waals surface area contributed by atoms with Crippen molar-refractivity contribution in [1.29, 1.82) is 0 Å². The van der Waals surface area contributed by atoms with Crippen molar-refractivity contribution in [2.45, 2.75) is 33.2 Å². The molecule has 0 fully saturated rings. The zero-order valence-corrected chi connectivity index (χ0v) is 12.2. The van der Waals surface area contributed by atoms with Gasteiger partial charge in [-0.2, -0.15) is 0 Å². The quantitative estimate of drug-likeness (QED) is 0.638. The van der Waals surface area contributed by atoms with Crippen molar-refractivity contribution in [2.75, 3.05) is 18.9 Å². The summed E-state index contributed by atoms with van der Waals surface area (Å²) in [4.78, 5) is 28.4. The molecule has 0 spiro atoms. The Morgan fingerprint density at radius 1 is 1.55 bits per heavy atom. The van der Waals surface area contributed by atoms with Crippen molar-refractivity contribution in [3.05, 3.63) is 27.9 Å². The summed E-state index contributed by atoms with van der Waals surface area (Å²) in [6.45, 7) is 6.37. The standard InChI is InChI=1S/C13H20N4O3/c1-5-9(3)16(6-2)13(18)11-7-10(17(19)20)8-15-12(11)14-4/h7-9H,5-6H2,1-4H3,(H,14,15). The number of carbonyl (C=O) groups is 1. The molecular formula is C13H20N4O3. The van der Waals surface area contributed by atoms with Crippen LogP contribution in [0.3, 0.4) is 0 Å². The van der Waals surface area contributed by atoms with Crippen LogP contribution in [0.25, 0.3) is 0 Å². The van der Waals surface area contributed by atoms with Gasteiger partial charge in [-0.25, -0.2) is 4.98 Å². The second kappa shape index (κ2) is 6.83. The lowest BCUT2D eigenvalue weighted by atomic mass is 10.1. The minimum Gasteiger partial charge on any atom is -0.372 e. The van der Waals surface area contributed by atoms with E-state index in [9.17, 15) is 14.9 Å². The molecule has 1 rings (SSSR count). The maximum absolute atomic E-state index is 12.6. The number of rotatable bonds is 6. The molecule has 1 atom stereocenters. The van der Waals surface area contributed by atoms with E-state index in [1.165, 1.54) is 6.07 Å². The van der Waals surface area contributed by atoms with Crippen LogP contribution in [0.5, 0.6) is 0 Å². The summed E-state index contributed by atoms with van der Waals surface area (Å²) in [5, 5.41) is 13.6. The number of nitro groups is 1. The molecule has 0 radical (unpaired) electrons. The molecule has 7 nitrogen and oxygen atoms in total. The fraction of sp³-hybridized carbons (Fsp3) is 0.538. The Hall–Kier alpha value is -2.18. The van der Waals surface area contributed by atoms with E-state index in [0.29, 0.717) is 12.4 Å². The zero-order chi connectivity index (χ0) is 15.3.